The van der Waals surface area contributed by atoms with Crippen molar-refractivity contribution in [2.45, 2.75) is 0 Å². The topological polar surface area (TPSA) is 53.8 Å². The molecule has 0 amide bonds. The molecule has 72 valence electrons. The van der Waals surface area contributed by atoms with Gasteiger partial charge in [-0.2, -0.15) is 0 Å². The molecule has 4 heteroatoms. The van der Waals surface area contributed by atoms with Crippen LogP contribution in [0, 0.1) is 12.3 Å². The molecule has 0 unspecified atom stereocenters. The third-order valence-corrected chi connectivity index (χ3v) is 1.43. The van der Waals surface area contributed by atoms with Crippen molar-refractivity contribution in [1.29, 1.82) is 0 Å². The summed E-state index contributed by atoms with van der Waals surface area (Å²) >= 11 is 0. The summed E-state index contributed by atoms with van der Waals surface area (Å²) in [5, 5.41) is 8.25. The number of hydrogen-bond acceptors (Lipinski definition) is 3. The molecule has 2 N–H and O–H groups in total. The Morgan fingerprint density at radius 1 is 1.50 bits per heavy atom. The lowest BCUT2D eigenvalue weighted by Crippen LogP contribution is -2.00. The van der Waals surface area contributed by atoms with E-state index in [0.717, 1.165) is 0 Å². The number of rotatable bonds is 4. The summed E-state index contributed by atoms with van der Waals surface area (Å²) < 4.78 is 5.16. The molecular formula is C10H10N2O2. The van der Waals surface area contributed by atoms with Gasteiger partial charge in [0.15, 0.2) is 0 Å². The Hall–Kier alpha value is -1.99. The van der Waals surface area contributed by atoms with E-state index in [1.165, 1.54) is 6.34 Å². The minimum absolute atomic E-state index is 0.251. The van der Waals surface area contributed by atoms with E-state index in [1.807, 2.05) is 5.48 Å². The summed E-state index contributed by atoms with van der Waals surface area (Å²) in [4.78, 5) is 3.86. The van der Waals surface area contributed by atoms with Gasteiger partial charge < -0.3 is 4.74 Å². The molecule has 0 heterocycles. The molecule has 0 fully saturated rings. The molecule has 0 aliphatic carbocycles. The third-order valence-electron chi connectivity index (χ3n) is 1.43. The summed E-state index contributed by atoms with van der Waals surface area (Å²) in [6.07, 6.45) is 6.22. The van der Waals surface area contributed by atoms with Crippen molar-refractivity contribution in [2.75, 3.05) is 6.61 Å². The first-order valence-corrected chi connectivity index (χ1v) is 3.95. The zero-order chi connectivity index (χ0) is 10.2. The molecule has 14 heavy (non-hydrogen) atoms. The van der Waals surface area contributed by atoms with Crippen molar-refractivity contribution in [3.05, 3.63) is 24.3 Å². The Kier molecular flexibility index (Phi) is 4.05. The third kappa shape index (κ3) is 3.17. The molecule has 0 saturated heterocycles. The lowest BCUT2D eigenvalue weighted by molar-refractivity contribution is 0.240. The molecule has 0 spiro atoms. The first-order valence-electron chi connectivity index (χ1n) is 3.95. The number of benzene rings is 1. The van der Waals surface area contributed by atoms with Crippen LogP contribution in [0.2, 0.25) is 0 Å². The van der Waals surface area contributed by atoms with Crippen LogP contribution in [-0.4, -0.2) is 18.2 Å². The van der Waals surface area contributed by atoms with Gasteiger partial charge in [-0.1, -0.05) is 5.92 Å². The van der Waals surface area contributed by atoms with E-state index in [0.29, 0.717) is 11.4 Å². The quantitative estimate of drug-likeness (QED) is 0.326. The largest absolute Gasteiger partial charge is 0.481 e. The standard InChI is InChI=1S/C10H10N2O2/c1-2-7-14-10-5-3-9(4-6-10)11-8-12-13/h1,3-6,8,13H,7H2,(H,11,12). The number of aliphatic imine (C=N–C) groups is 1. The second-order valence-electron chi connectivity index (χ2n) is 2.37. The van der Waals surface area contributed by atoms with Crippen LogP contribution >= 0.6 is 0 Å². The van der Waals surface area contributed by atoms with Crippen LogP contribution < -0.4 is 10.2 Å². The number of hydrogen-bond donors (Lipinski definition) is 2. The fourth-order valence-corrected chi connectivity index (χ4v) is 0.857. The van der Waals surface area contributed by atoms with Crippen molar-refractivity contribution >= 4 is 12.0 Å². The van der Waals surface area contributed by atoms with Crippen molar-refractivity contribution in [1.82, 2.24) is 5.48 Å². The van der Waals surface area contributed by atoms with Crippen LogP contribution in [0.1, 0.15) is 0 Å². The van der Waals surface area contributed by atoms with Crippen LogP contribution in [0.25, 0.3) is 0 Å². The van der Waals surface area contributed by atoms with Crippen LogP contribution in [0.15, 0.2) is 29.3 Å². The van der Waals surface area contributed by atoms with Gasteiger partial charge in [0, 0.05) is 0 Å². The fraction of sp³-hybridized carbons (Fsp3) is 0.100. The van der Waals surface area contributed by atoms with Gasteiger partial charge in [-0.25, -0.2) is 4.99 Å². The Bertz CT molecular complexity index is 338. The van der Waals surface area contributed by atoms with Gasteiger partial charge in [0.2, 0.25) is 0 Å². The highest BCUT2D eigenvalue weighted by atomic mass is 16.5. The highest BCUT2D eigenvalue weighted by molar-refractivity contribution is 5.59. The number of nitrogens with one attached hydrogen (secondary N) is 1. The molecule has 1 aromatic rings. The maximum absolute atomic E-state index is 8.25. The van der Waals surface area contributed by atoms with E-state index < -0.39 is 0 Å². The SMILES string of the molecule is C#CCOc1ccc(N=CNO)cc1. The summed E-state index contributed by atoms with van der Waals surface area (Å²) in [6.45, 7) is 0.251. The maximum atomic E-state index is 8.25. The van der Waals surface area contributed by atoms with E-state index in [-0.39, 0.29) is 6.61 Å². The molecule has 0 aliphatic heterocycles. The average Bonchev–Trinajstić information content (AvgIpc) is 2.25. The summed E-state index contributed by atoms with van der Waals surface area (Å²) in [6, 6.07) is 7.00. The maximum Gasteiger partial charge on any atom is 0.148 e. The van der Waals surface area contributed by atoms with Gasteiger partial charge in [0.1, 0.15) is 18.7 Å². The number of hydroxylamine groups is 1. The Balaban J connectivity index is 2.60. The number of terminal acetylenes is 1. The molecule has 0 aliphatic rings. The second kappa shape index (κ2) is 5.62. The molecule has 1 aromatic carbocycles. The normalized spacial score (nSPS) is 9.71. The molecule has 0 bridgehead atoms. The van der Waals surface area contributed by atoms with Crippen LogP contribution in [-0.2, 0) is 0 Å². The Morgan fingerprint density at radius 2 is 2.21 bits per heavy atom. The van der Waals surface area contributed by atoms with Crippen LogP contribution in [0.4, 0.5) is 5.69 Å². The molecular weight excluding hydrogens is 180 g/mol. The first kappa shape index (κ1) is 10.1. The van der Waals surface area contributed by atoms with E-state index in [4.69, 9.17) is 16.4 Å². The van der Waals surface area contributed by atoms with Gasteiger partial charge >= 0.3 is 0 Å². The van der Waals surface area contributed by atoms with Crippen LogP contribution in [0.5, 0.6) is 5.75 Å². The Labute approximate surface area is 82.2 Å². The lowest BCUT2D eigenvalue weighted by atomic mass is 10.3. The van der Waals surface area contributed by atoms with Gasteiger partial charge in [-0.15, -0.1) is 6.42 Å². The second-order valence-corrected chi connectivity index (χ2v) is 2.37. The van der Waals surface area contributed by atoms with E-state index in [9.17, 15) is 0 Å². The molecule has 1 rings (SSSR count). The van der Waals surface area contributed by atoms with Crippen molar-refractivity contribution in [2.24, 2.45) is 4.99 Å². The predicted molar refractivity (Wildman–Crippen MR) is 53.8 cm³/mol. The molecule has 0 atom stereocenters. The van der Waals surface area contributed by atoms with E-state index in [2.05, 4.69) is 10.9 Å². The van der Waals surface area contributed by atoms with E-state index >= 15 is 0 Å². The highest BCUT2D eigenvalue weighted by Crippen LogP contribution is 2.17. The summed E-state index contributed by atoms with van der Waals surface area (Å²) in [7, 11) is 0. The Morgan fingerprint density at radius 3 is 2.79 bits per heavy atom. The van der Waals surface area contributed by atoms with Crippen molar-refractivity contribution in [3.8, 4) is 18.1 Å². The molecule has 0 radical (unpaired) electrons. The van der Waals surface area contributed by atoms with Crippen molar-refractivity contribution < 1.29 is 9.94 Å². The van der Waals surface area contributed by atoms with Gasteiger partial charge in [0.05, 0.1) is 5.69 Å². The highest BCUT2D eigenvalue weighted by Gasteiger charge is 1.91. The lowest BCUT2D eigenvalue weighted by Gasteiger charge is -2.01. The van der Waals surface area contributed by atoms with Gasteiger partial charge in [-0.3, -0.25) is 10.7 Å². The van der Waals surface area contributed by atoms with Crippen LogP contribution in [0.3, 0.4) is 0 Å². The molecule has 4 nitrogen and oxygen atoms in total. The summed E-state index contributed by atoms with van der Waals surface area (Å²) in [5.41, 5.74) is 2.52. The molecule has 0 saturated carbocycles. The molecule has 0 aromatic heterocycles. The monoisotopic (exact) mass is 190 g/mol. The number of nitrogens with zero attached hydrogens (tertiary/aromatic N) is 1. The smallest absolute Gasteiger partial charge is 0.148 e. The predicted octanol–water partition coefficient (Wildman–Crippen LogP) is 1.34. The minimum Gasteiger partial charge on any atom is -0.481 e. The fourth-order valence-electron chi connectivity index (χ4n) is 0.857. The first-order chi connectivity index (χ1) is 6.86. The summed E-state index contributed by atoms with van der Waals surface area (Å²) in [5.74, 6) is 3.06. The van der Waals surface area contributed by atoms with E-state index in [1.54, 1.807) is 24.3 Å². The minimum atomic E-state index is 0.251. The van der Waals surface area contributed by atoms with Gasteiger partial charge in [-0.05, 0) is 24.3 Å². The van der Waals surface area contributed by atoms with Crippen molar-refractivity contribution in [3.63, 3.8) is 0 Å². The number of ether oxygens (including phenoxy) is 1. The zero-order valence-corrected chi connectivity index (χ0v) is 7.47. The zero-order valence-electron chi connectivity index (χ0n) is 7.47. The van der Waals surface area contributed by atoms with Gasteiger partial charge in [0.25, 0.3) is 0 Å². The average molecular weight is 190 g/mol.